The minimum Gasteiger partial charge on any atom is -0.496 e. The molecule has 0 radical (unpaired) electrons. The summed E-state index contributed by atoms with van der Waals surface area (Å²) < 4.78 is 42.6. The molecule has 6 heterocycles. The lowest BCUT2D eigenvalue weighted by Gasteiger charge is -2.36. The molecular formula is C104H140N14O21. The number of aliphatic hydroxyl groups excluding tert-OH is 1. The summed E-state index contributed by atoms with van der Waals surface area (Å²) in [5.41, 5.74) is 4.47. The molecular weight excluding hydrogens is 1780 g/mol. The highest BCUT2D eigenvalue weighted by atomic mass is 16.6. The zero-order valence-corrected chi connectivity index (χ0v) is 83.6. The zero-order valence-electron chi connectivity index (χ0n) is 83.6. The van der Waals surface area contributed by atoms with Crippen molar-refractivity contribution in [2.75, 3.05) is 74.1 Å². The number of carbonyl (C=O) groups is 13. The van der Waals surface area contributed by atoms with Crippen LogP contribution in [0.2, 0.25) is 0 Å². The number of aliphatic hydroxyl groups is 1. The number of hydrogen-bond acceptors (Lipinski definition) is 23. The Morgan fingerprint density at radius 1 is 0.540 bits per heavy atom. The fourth-order valence-corrected chi connectivity index (χ4v) is 17.0. The molecule has 0 aromatic heterocycles. The summed E-state index contributed by atoms with van der Waals surface area (Å²) >= 11 is 0. The number of unbranched alkanes of at least 4 members (excludes halogenated alkanes) is 3. The predicted molar refractivity (Wildman–Crippen MR) is 526 cm³/mol. The summed E-state index contributed by atoms with van der Waals surface area (Å²) in [7, 11) is 2.96. The van der Waals surface area contributed by atoms with E-state index in [1.165, 1.54) is 68.2 Å². The van der Waals surface area contributed by atoms with Gasteiger partial charge in [0.25, 0.3) is 29.5 Å². The number of ether oxygens (including phenoxy) is 7. The molecule has 9 N–H and O–H groups in total. The molecule has 0 bridgehead atoms. The summed E-state index contributed by atoms with van der Waals surface area (Å²) in [5.74, 6) is -4.40. The molecule has 752 valence electrons. The van der Waals surface area contributed by atoms with Gasteiger partial charge in [-0.15, -0.1) is 0 Å². The lowest BCUT2D eigenvalue weighted by Crippen LogP contribution is -2.54. The Morgan fingerprint density at radius 3 is 1.63 bits per heavy atom. The first kappa shape index (κ1) is 108. The Labute approximate surface area is 815 Å². The molecule has 139 heavy (non-hydrogen) atoms. The molecule has 0 saturated heterocycles. The molecule has 6 unspecified atom stereocenters. The van der Waals surface area contributed by atoms with Crippen LogP contribution in [-0.4, -0.2) is 220 Å². The number of nitrogens with one attached hydrogen (secondary N) is 8. The van der Waals surface area contributed by atoms with Crippen LogP contribution < -0.4 is 66.5 Å². The minimum atomic E-state index is -1.58. The monoisotopic (exact) mass is 1920 g/mol. The number of anilines is 4. The molecule has 0 saturated carbocycles. The van der Waals surface area contributed by atoms with Gasteiger partial charge in [-0.1, -0.05) is 103 Å². The Bertz CT molecular complexity index is 5370. The van der Waals surface area contributed by atoms with E-state index in [0.29, 0.717) is 129 Å². The second-order valence-corrected chi connectivity index (χ2v) is 39.4. The number of hydrogen-bond donors (Lipinski definition) is 9. The number of rotatable bonds is 49. The van der Waals surface area contributed by atoms with Gasteiger partial charge in [0.15, 0.2) is 17.7 Å². The Morgan fingerprint density at radius 2 is 1.06 bits per heavy atom. The van der Waals surface area contributed by atoms with Crippen LogP contribution in [0.5, 0.6) is 17.2 Å². The highest BCUT2D eigenvalue weighted by Crippen LogP contribution is 2.44. The Balaban J connectivity index is 0.679. The highest BCUT2D eigenvalue weighted by molar-refractivity contribution is 6.13. The first-order chi connectivity index (χ1) is 65.6. The van der Waals surface area contributed by atoms with E-state index in [9.17, 15) is 67.4 Å². The van der Waals surface area contributed by atoms with Crippen LogP contribution in [0.1, 0.15) is 232 Å². The molecule has 8 atom stereocenters. The second-order valence-electron chi connectivity index (χ2n) is 39.4. The lowest BCUT2D eigenvalue weighted by molar-refractivity contribution is -0.137. The number of benzene rings is 4. The maximum atomic E-state index is 14.5. The van der Waals surface area contributed by atoms with E-state index < -0.39 is 106 Å². The molecule has 4 aromatic rings. The molecule has 6 aliphatic heterocycles. The van der Waals surface area contributed by atoms with Gasteiger partial charge in [-0.05, 0) is 205 Å². The first-order valence-corrected chi connectivity index (χ1v) is 47.6. The average molecular weight is 1920 g/mol. The SMILES string of the molecule is C=C(CCN1C(=O)C=CC1=O)NC(C)(C)CCOC(C)(C)CCC(=O)NC(C(=O)N[C@@H](C)C(=O)Nc1ccc(COC(=O)N2c3cc(OCCCCCCc4cc5c(cc4OC)C(=O)N4C=C(C)CC4CN5C(=O)OCc4ccc(NC(=O)C(C)NC(=O)[C@@H](NC(=O)CC(C)(C)OCC(C)(CC)NC(=C)CCN5C(=C)C=CC5=O)C(C)C)cc4)c(OC)cc3C(=O)N3C=C(C)CC3C2O)cc1)C(C)C. The van der Waals surface area contributed by atoms with Gasteiger partial charge in [-0.25, -0.2) is 14.5 Å². The van der Waals surface area contributed by atoms with Crippen molar-refractivity contribution in [1.82, 2.24) is 51.5 Å². The second kappa shape index (κ2) is 47.5. The van der Waals surface area contributed by atoms with Gasteiger partial charge >= 0.3 is 12.2 Å². The van der Waals surface area contributed by atoms with E-state index in [0.717, 1.165) is 32.2 Å². The zero-order chi connectivity index (χ0) is 102. The van der Waals surface area contributed by atoms with Crippen molar-refractivity contribution in [3.8, 4) is 17.2 Å². The number of imide groups is 1. The van der Waals surface area contributed by atoms with Crippen LogP contribution in [0.25, 0.3) is 0 Å². The fraction of sp³-hybridized carbons (Fsp3) is 0.510. The highest BCUT2D eigenvalue weighted by Gasteiger charge is 2.47. The molecule has 4 aromatic carbocycles. The molecule has 13 amide bonds. The third-order valence-corrected chi connectivity index (χ3v) is 25.5. The van der Waals surface area contributed by atoms with E-state index in [2.05, 4.69) is 62.3 Å². The summed E-state index contributed by atoms with van der Waals surface area (Å²) in [4.78, 5) is 184. The molecule has 0 spiro atoms. The minimum absolute atomic E-state index is 0.0245. The third kappa shape index (κ3) is 29.2. The van der Waals surface area contributed by atoms with Crippen molar-refractivity contribution in [1.29, 1.82) is 0 Å². The van der Waals surface area contributed by atoms with Gasteiger partial charge in [0.1, 0.15) is 43.1 Å². The number of methoxy groups -OCH3 is 2. The smallest absolute Gasteiger partial charge is 0.416 e. The van der Waals surface area contributed by atoms with Crippen molar-refractivity contribution in [3.05, 3.63) is 185 Å². The van der Waals surface area contributed by atoms with E-state index >= 15 is 0 Å². The van der Waals surface area contributed by atoms with Crippen molar-refractivity contribution in [2.45, 2.75) is 279 Å². The van der Waals surface area contributed by atoms with E-state index in [4.69, 9.17) is 33.2 Å². The third-order valence-electron chi connectivity index (χ3n) is 25.5. The molecule has 35 heteroatoms. The Kier molecular flexibility index (Phi) is 36.8. The van der Waals surface area contributed by atoms with Crippen LogP contribution in [0, 0.1) is 11.8 Å². The first-order valence-electron chi connectivity index (χ1n) is 47.6. The number of amides is 13. The Hall–Kier alpha value is -13.2. The molecule has 35 nitrogen and oxygen atoms in total. The summed E-state index contributed by atoms with van der Waals surface area (Å²) in [6.45, 7) is 42.5. The van der Waals surface area contributed by atoms with Crippen LogP contribution in [0.3, 0.4) is 0 Å². The lowest BCUT2D eigenvalue weighted by atomic mass is 9.97. The molecule has 0 fully saturated rings. The molecule has 10 rings (SSSR count). The van der Waals surface area contributed by atoms with E-state index in [-0.39, 0.29) is 135 Å². The number of nitrogens with zero attached hydrogens (tertiary/aromatic N) is 6. The fourth-order valence-electron chi connectivity index (χ4n) is 17.0. The largest absolute Gasteiger partial charge is 0.496 e. The average Bonchev–Trinajstić information content (AvgIpc) is 1.59. The van der Waals surface area contributed by atoms with Crippen LogP contribution in [0.4, 0.5) is 32.3 Å². The van der Waals surface area contributed by atoms with Crippen molar-refractivity contribution < 1.29 is 101 Å². The van der Waals surface area contributed by atoms with Gasteiger partial charge in [0, 0.05) is 110 Å². The van der Waals surface area contributed by atoms with Gasteiger partial charge in [0.05, 0.1) is 91.7 Å². The van der Waals surface area contributed by atoms with Crippen LogP contribution >= 0.6 is 0 Å². The topological polar surface area (TPSA) is 422 Å². The summed E-state index contributed by atoms with van der Waals surface area (Å²) in [6, 6.07) is 14.3. The van der Waals surface area contributed by atoms with Gasteiger partial charge in [0.2, 0.25) is 35.4 Å². The number of allylic oxidation sites excluding steroid dienone is 1. The van der Waals surface area contributed by atoms with Crippen LogP contribution in [-0.2, 0) is 81.7 Å². The normalized spacial score (nSPS) is 17.6. The van der Waals surface area contributed by atoms with Crippen LogP contribution in [0.15, 0.2) is 157 Å². The molecule has 0 aliphatic carbocycles. The predicted octanol–water partition coefficient (Wildman–Crippen LogP) is 12.8. The van der Waals surface area contributed by atoms with Gasteiger partial charge in [-0.3, -0.25) is 62.5 Å². The van der Waals surface area contributed by atoms with Gasteiger partial charge < -0.3 is 95.5 Å². The summed E-state index contributed by atoms with van der Waals surface area (Å²) in [5, 5.41) is 35.7. The standard InChI is InChI=1S/C104H140N14O21/c1-22-104(19,112-67(9)41-45-113-68(10)28-37-87(113)121)61-139-103(17,18)55-86(120)110-91(63(4)5)95(127)106-70(12)93(125)107-74-33-29-71(30-34-74)59-136-99(131)117-58-76-49-64(6)56-115(76)96(128)77-52-82(133-20)73(51-79(77)117)27-25-23-24-26-47-135-84-54-80-78(53-83(84)134-21)97(129)116-57-65(7)50-81(116)98(130)118(80)100(132)137-60-72-31-35-75(36-32-72)108-92(124)69(11)105-94(126)90(62(2)3)109-85(119)40-43-102(15,16)138-48-44-101(13,14)111-66(8)42-46-114-88(122)38-39-89(114)123/h28-39,51-54,56-57,62-63,69-70,76,81,90-91,98,111-112,130H,8-10,22-27,40-50,55,58-61H2,1-7,11-21H3,(H,105,126)(H,106,127)(H,107,125)(H,108,124)(H,109,119)(H,110,120)/t69-,70?,76?,81?,90?,91-,98?,104?/m0/s1. The van der Waals surface area contributed by atoms with Crippen molar-refractivity contribution in [2.24, 2.45) is 11.8 Å². The molecule has 6 aliphatic rings. The maximum absolute atomic E-state index is 14.5. The quantitative estimate of drug-likeness (QED) is 0.0146. The number of aryl methyl sites for hydroxylation is 1. The maximum Gasteiger partial charge on any atom is 0.416 e. The van der Waals surface area contributed by atoms with E-state index in [1.807, 2.05) is 61.5 Å². The van der Waals surface area contributed by atoms with E-state index in [1.54, 1.807) is 124 Å². The number of carbonyl (C=O) groups excluding carboxylic acids is 13. The van der Waals surface area contributed by atoms with Crippen molar-refractivity contribution in [3.63, 3.8) is 0 Å². The van der Waals surface area contributed by atoms with Crippen molar-refractivity contribution >= 4 is 99.9 Å². The summed E-state index contributed by atoms with van der Waals surface area (Å²) in [6.07, 6.45) is 12.2. The van der Waals surface area contributed by atoms with Gasteiger partial charge in [-0.2, -0.15) is 0 Å². The number of fused-ring (bicyclic) bond motifs is 4.